The largest absolute Gasteiger partial charge is 1.00 e. The Kier molecular flexibility index (Phi) is 5.47. The predicted molar refractivity (Wildman–Crippen MR) is 101 cm³/mol. The van der Waals surface area contributed by atoms with Crippen molar-refractivity contribution in [1.82, 2.24) is 9.13 Å². The lowest BCUT2D eigenvalue weighted by atomic mass is 10.1. The summed E-state index contributed by atoms with van der Waals surface area (Å²) in [4.78, 5) is 0. The molecule has 0 amide bonds. The number of nitrogens with zero attached hydrogens (tertiary/aromatic N) is 2. The number of imidazole rings is 1. The Morgan fingerprint density at radius 2 is 1.50 bits per heavy atom. The van der Waals surface area contributed by atoms with Crippen LogP contribution < -0.4 is 27.3 Å². The molecular weight excluding hydrogens is 390 g/mol. The van der Waals surface area contributed by atoms with Gasteiger partial charge in [-0.25, -0.2) is 0 Å². The fourth-order valence-electron chi connectivity index (χ4n) is 3.41. The van der Waals surface area contributed by atoms with E-state index >= 15 is 0 Å². The van der Waals surface area contributed by atoms with Gasteiger partial charge in [0, 0.05) is 11.9 Å². The standard InChI is InChI=1S/C21H21N3O.BrH/c1-2-23-18-11-5-6-12-19(18)24(21(23)22)14-15-25-20-13-7-9-16-8-3-4-10-17(16)20;/h3-13,22H,2,14-15H2,1H3;1H/p-1. The van der Waals surface area contributed by atoms with Gasteiger partial charge in [0.1, 0.15) is 12.4 Å². The highest BCUT2D eigenvalue weighted by molar-refractivity contribution is 5.88. The highest BCUT2D eigenvalue weighted by Crippen LogP contribution is 2.25. The third-order valence-corrected chi connectivity index (χ3v) is 4.61. The first-order chi connectivity index (χ1) is 12.3. The summed E-state index contributed by atoms with van der Waals surface area (Å²) in [6, 6.07) is 22.5. The van der Waals surface area contributed by atoms with Gasteiger partial charge in [0.05, 0.1) is 17.6 Å². The summed E-state index contributed by atoms with van der Waals surface area (Å²) in [7, 11) is 0. The van der Waals surface area contributed by atoms with Crippen LogP contribution in [0.4, 0.5) is 0 Å². The number of rotatable bonds is 5. The lowest BCUT2D eigenvalue weighted by Gasteiger charge is -2.10. The van der Waals surface area contributed by atoms with Gasteiger partial charge in [-0.3, -0.25) is 5.41 Å². The van der Waals surface area contributed by atoms with Crippen molar-refractivity contribution in [2.45, 2.75) is 20.0 Å². The molecular formula is C21H21BrN3O-. The Hall–Kier alpha value is -2.53. The zero-order valence-corrected chi connectivity index (χ0v) is 16.2. The zero-order chi connectivity index (χ0) is 17.2. The number of nitrogens with one attached hydrogen (secondary N) is 1. The molecule has 0 saturated heterocycles. The lowest BCUT2D eigenvalue weighted by Crippen LogP contribution is -3.00. The Morgan fingerprint density at radius 1 is 0.846 bits per heavy atom. The number of hydrogen-bond acceptors (Lipinski definition) is 2. The summed E-state index contributed by atoms with van der Waals surface area (Å²) in [5.74, 6) is 0.893. The van der Waals surface area contributed by atoms with Crippen LogP contribution in [-0.4, -0.2) is 15.7 Å². The number of aryl methyl sites for hydroxylation is 1. The molecule has 0 radical (unpaired) electrons. The molecule has 0 atom stereocenters. The summed E-state index contributed by atoms with van der Waals surface area (Å²) in [6.45, 7) is 4.04. The van der Waals surface area contributed by atoms with Gasteiger partial charge in [0.2, 0.25) is 5.62 Å². The van der Waals surface area contributed by atoms with E-state index in [0.29, 0.717) is 18.8 Å². The zero-order valence-electron chi connectivity index (χ0n) is 14.7. The molecule has 4 nitrogen and oxygen atoms in total. The highest BCUT2D eigenvalue weighted by Gasteiger charge is 2.09. The summed E-state index contributed by atoms with van der Waals surface area (Å²) in [5, 5.41) is 10.8. The summed E-state index contributed by atoms with van der Waals surface area (Å²) in [5.41, 5.74) is 2.70. The van der Waals surface area contributed by atoms with Gasteiger partial charge >= 0.3 is 0 Å². The molecule has 1 N–H and O–H groups in total. The number of para-hydroxylation sites is 2. The Balaban J connectivity index is 0.00000196. The molecule has 0 aliphatic rings. The molecule has 1 heterocycles. The van der Waals surface area contributed by atoms with E-state index in [1.165, 1.54) is 5.39 Å². The second-order valence-corrected chi connectivity index (χ2v) is 6.03. The summed E-state index contributed by atoms with van der Waals surface area (Å²) < 4.78 is 10.1. The number of hydrogen-bond donors (Lipinski definition) is 1. The minimum Gasteiger partial charge on any atom is -1.00 e. The van der Waals surface area contributed by atoms with Crippen molar-refractivity contribution in [3.8, 4) is 5.75 Å². The summed E-state index contributed by atoms with van der Waals surface area (Å²) >= 11 is 0. The predicted octanol–water partition coefficient (Wildman–Crippen LogP) is 1.18. The van der Waals surface area contributed by atoms with Crippen molar-refractivity contribution in [3.63, 3.8) is 0 Å². The van der Waals surface area contributed by atoms with E-state index in [1.807, 2.05) is 45.5 Å². The van der Waals surface area contributed by atoms with Crippen LogP contribution in [0.1, 0.15) is 6.92 Å². The van der Waals surface area contributed by atoms with E-state index in [9.17, 15) is 0 Å². The molecule has 134 valence electrons. The smallest absolute Gasteiger partial charge is 0.203 e. The first kappa shape index (κ1) is 18.3. The van der Waals surface area contributed by atoms with Gasteiger partial charge in [0.25, 0.3) is 0 Å². The van der Waals surface area contributed by atoms with Crippen LogP contribution in [0.5, 0.6) is 5.75 Å². The van der Waals surface area contributed by atoms with Crippen LogP contribution in [0.15, 0.2) is 66.7 Å². The van der Waals surface area contributed by atoms with Crippen molar-refractivity contribution in [2.24, 2.45) is 0 Å². The number of benzene rings is 3. The second kappa shape index (κ2) is 7.79. The van der Waals surface area contributed by atoms with Crippen molar-refractivity contribution >= 4 is 21.8 Å². The first-order valence-corrected chi connectivity index (χ1v) is 8.63. The first-order valence-electron chi connectivity index (χ1n) is 8.63. The Morgan fingerprint density at radius 3 is 2.27 bits per heavy atom. The third kappa shape index (κ3) is 3.15. The maximum absolute atomic E-state index is 8.46. The monoisotopic (exact) mass is 410 g/mol. The molecule has 0 aliphatic carbocycles. The molecule has 26 heavy (non-hydrogen) atoms. The van der Waals surface area contributed by atoms with Gasteiger partial charge in [-0.2, -0.15) is 0 Å². The minimum absolute atomic E-state index is 0. The quantitative estimate of drug-likeness (QED) is 0.527. The average Bonchev–Trinajstić information content (AvgIpc) is 2.93. The number of aromatic nitrogens is 2. The van der Waals surface area contributed by atoms with Crippen molar-refractivity contribution in [1.29, 1.82) is 5.41 Å². The number of halogens is 1. The van der Waals surface area contributed by atoms with Crippen molar-refractivity contribution in [2.75, 3.05) is 6.61 Å². The lowest BCUT2D eigenvalue weighted by molar-refractivity contribution is -0.00000567. The molecule has 0 unspecified atom stereocenters. The van der Waals surface area contributed by atoms with Crippen molar-refractivity contribution in [3.05, 3.63) is 72.3 Å². The molecule has 0 saturated carbocycles. The maximum Gasteiger partial charge on any atom is 0.203 e. The molecule has 4 rings (SSSR count). The molecule has 0 bridgehead atoms. The highest BCUT2D eigenvalue weighted by atomic mass is 79.9. The fourth-order valence-corrected chi connectivity index (χ4v) is 3.41. The van der Waals surface area contributed by atoms with Crippen molar-refractivity contribution < 1.29 is 21.7 Å². The number of ether oxygens (including phenoxy) is 1. The van der Waals surface area contributed by atoms with E-state index < -0.39 is 0 Å². The molecule has 0 aliphatic heterocycles. The van der Waals surface area contributed by atoms with Crippen LogP contribution in [0.25, 0.3) is 21.8 Å². The van der Waals surface area contributed by atoms with Crippen LogP contribution in [0.2, 0.25) is 0 Å². The molecule has 3 aromatic carbocycles. The second-order valence-electron chi connectivity index (χ2n) is 6.03. The van der Waals surface area contributed by atoms with Crippen LogP contribution >= 0.6 is 0 Å². The van der Waals surface area contributed by atoms with Crippen LogP contribution in [0, 0.1) is 5.41 Å². The third-order valence-electron chi connectivity index (χ3n) is 4.61. The van der Waals surface area contributed by atoms with E-state index in [-0.39, 0.29) is 17.0 Å². The topological polar surface area (TPSA) is 42.9 Å². The Labute approximate surface area is 162 Å². The van der Waals surface area contributed by atoms with E-state index in [4.69, 9.17) is 10.1 Å². The molecule has 1 aromatic heterocycles. The van der Waals surface area contributed by atoms with E-state index in [0.717, 1.165) is 28.7 Å². The maximum atomic E-state index is 8.46. The molecule has 5 heteroatoms. The van der Waals surface area contributed by atoms with Gasteiger partial charge in [-0.15, -0.1) is 0 Å². The minimum atomic E-state index is 0. The molecule has 4 aromatic rings. The SMILES string of the molecule is CCn1c(=N)n(CCOc2cccc3ccccc23)c2ccccc21.[Br-]. The van der Waals surface area contributed by atoms with E-state index in [2.05, 4.69) is 37.3 Å². The van der Waals surface area contributed by atoms with Gasteiger partial charge in [0.15, 0.2) is 0 Å². The van der Waals surface area contributed by atoms with Gasteiger partial charge in [-0.05, 0) is 30.5 Å². The van der Waals surface area contributed by atoms with Gasteiger partial charge < -0.3 is 30.9 Å². The fraction of sp³-hybridized carbons (Fsp3) is 0.190. The van der Waals surface area contributed by atoms with Crippen LogP contribution in [0.3, 0.4) is 0 Å². The summed E-state index contributed by atoms with van der Waals surface area (Å²) in [6.07, 6.45) is 0. The van der Waals surface area contributed by atoms with E-state index in [1.54, 1.807) is 0 Å². The van der Waals surface area contributed by atoms with Crippen LogP contribution in [-0.2, 0) is 13.1 Å². The number of fused-ring (bicyclic) bond motifs is 2. The average molecular weight is 411 g/mol. The molecule has 0 fully saturated rings. The van der Waals surface area contributed by atoms with Gasteiger partial charge in [-0.1, -0.05) is 48.5 Å². The Bertz CT molecular complexity index is 1090. The normalized spacial score (nSPS) is 10.8. The molecule has 0 spiro atoms.